The third-order valence-corrected chi connectivity index (χ3v) is 4.41. The summed E-state index contributed by atoms with van der Waals surface area (Å²) in [4.78, 5) is 20.6. The first-order chi connectivity index (χ1) is 12.6. The van der Waals surface area contributed by atoms with E-state index in [2.05, 4.69) is 20.1 Å². The van der Waals surface area contributed by atoms with Crippen molar-refractivity contribution in [1.29, 1.82) is 0 Å². The highest BCUT2D eigenvalue weighted by Crippen LogP contribution is 2.21. The molecule has 0 saturated carbocycles. The second kappa shape index (κ2) is 6.70. The van der Waals surface area contributed by atoms with E-state index in [4.69, 9.17) is 0 Å². The van der Waals surface area contributed by atoms with E-state index in [1.54, 1.807) is 23.1 Å². The summed E-state index contributed by atoms with van der Waals surface area (Å²) in [5.41, 5.74) is 1.07. The Balaban J connectivity index is 1.48. The zero-order valence-corrected chi connectivity index (χ0v) is 13.9. The Kier molecular flexibility index (Phi) is 4.23. The molecule has 1 aliphatic heterocycles. The molecule has 0 radical (unpaired) electrons. The quantitative estimate of drug-likeness (QED) is 0.687. The topological polar surface area (TPSA) is 71.6 Å². The van der Waals surface area contributed by atoms with Crippen molar-refractivity contribution in [2.75, 3.05) is 36.0 Å². The predicted octanol–water partition coefficient (Wildman–Crippen LogP) is 0.878. The molecule has 4 rings (SSSR count). The number of halogens is 2. The van der Waals surface area contributed by atoms with Gasteiger partial charge in [-0.1, -0.05) is 0 Å². The number of rotatable bonds is 4. The van der Waals surface area contributed by atoms with Crippen molar-refractivity contribution in [2.45, 2.75) is 13.0 Å². The minimum atomic E-state index is -2.60. The second-order valence-corrected chi connectivity index (χ2v) is 6.01. The SMILES string of the molecule is O=c1cc(N2CCN(c3nccn4nccc34)CC2)cnn1CC(F)F. The first kappa shape index (κ1) is 16.4. The number of hydrogen-bond donors (Lipinski definition) is 0. The Morgan fingerprint density at radius 3 is 2.58 bits per heavy atom. The van der Waals surface area contributed by atoms with Crippen molar-refractivity contribution in [3.63, 3.8) is 0 Å². The Morgan fingerprint density at radius 2 is 1.85 bits per heavy atom. The van der Waals surface area contributed by atoms with Gasteiger partial charge in [-0.3, -0.25) is 4.79 Å². The van der Waals surface area contributed by atoms with Gasteiger partial charge in [0.25, 0.3) is 12.0 Å². The number of alkyl halides is 2. The molecule has 0 aliphatic carbocycles. The molecular weight excluding hydrogens is 344 g/mol. The molecule has 1 aliphatic rings. The predicted molar refractivity (Wildman–Crippen MR) is 91.9 cm³/mol. The molecule has 0 unspecified atom stereocenters. The second-order valence-electron chi connectivity index (χ2n) is 6.01. The highest BCUT2D eigenvalue weighted by atomic mass is 19.3. The van der Waals surface area contributed by atoms with Gasteiger partial charge in [0, 0.05) is 44.6 Å². The Bertz CT molecular complexity index is 962. The van der Waals surface area contributed by atoms with Crippen LogP contribution in [0.1, 0.15) is 0 Å². The third kappa shape index (κ3) is 3.09. The van der Waals surface area contributed by atoms with Gasteiger partial charge in [0.15, 0.2) is 5.82 Å². The summed E-state index contributed by atoms with van der Waals surface area (Å²) in [7, 11) is 0. The van der Waals surface area contributed by atoms with E-state index < -0.39 is 18.5 Å². The summed E-state index contributed by atoms with van der Waals surface area (Å²) in [5, 5.41) is 8.07. The lowest BCUT2D eigenvalue weighted by Crippen LogP contribution is -2.47. The van der Waals surface area contributed by atoms with E-state index in [-0.39, 0.29) is 0 Å². The van der Waals surface area contributed by atoms with Gasteiger partial charge in [-0.25, -0.2) is 23.0 Å². The van der Waals surface area contributed by atoms with E-state index in [1.165, 1.54) is 12.3 Å². The molecule has 1 fully saturated rings. The van der Waals surface area contributed by atoms with Gasteiger partial charge in [-0.15, -0.1) is 0 Å². The molecule has 0 atom stereocenters. The van der Waals surface area contributed by atoms with E-state index in [0.717, 1.165) is 29.1 Å². The molecule has 0 bridgehead atoms. The number of aromatic nitrogens is 5. The van der Waals surface area contributed by atoms with Gasteiger partial charge >= 0.3 is 0 Å². The van der Waals surface area contributed by atoms with Crippen molar-refractivity contribution in [1.82, 2.24) is 24.4 Å². The average molecular weight is 361 g/mol. The summed E-state index contributed by atoms with van der Waals surface area (Å²) in [5.74, 6) is 0.870. The molecule has 3 aromatic heterocycles. The van der Waals surface area contributed by atoms with Crippen LogP contribution in [0.3, 0.4) is 0 Å². The smallest absolute Gasteiger partial charge is 0.269 e. The Hall–Kier alpha value is -3.04. The number of piperazine rings is 1. The van der Waals surface area contributed by atoms with Gasteiger partial charge in [0.1, 0.15) is 12.1 Å². The fourth-order valence-corrected chi connectivity index (χ4v) is 3.13. The van der Waals surface area contributed by atoms with Crippen LogP contribution < -0.4 is 15.4 Å². The number of nitrogens with zero attached hydrogens (tertiary/aromatic N) is 7. The number of anilines is 2. The molecule has 1 saturated heterocycles. The Morgan fingerprint density at radius 1 is 1.08 bits per heavy atom. The zero-order chi connectivity index (χ0) is 18.1. The Labute approximate surface area is 147 Å². The molecule has 3 aromatic rings. The van der Waals surface area contributed by atoms with Crippen LogP contribution in [0.4, 0.5) is 20.3 Å². The largest absolute Gasteiger partial charge is 0.367 e. The summed E-state index contributed by atoms with van der Waals surface area (Å²) < 4.78 is 27.4. The summed E-state index contributed by atoms with van der Waals surface area (Å²) in [6.07, 6.45) is 4.11. The van der Waals surface area contributed by atoms with Crippen LogP contribution in [0.15, 0.2) is 41.7 Å². The van der Waals surface area contributed by atoms with Crippen molar-refractivity contribution in [2.24, 2.45) is 0 Å². The van der Waals surface area contributed by atoms with Gasteiger partial charge in [0.2, 0.25) is 0 Å². The lowest BCUT2D eigenvalue weighted by atomic mass is 10.2. The number of hydrogen-bond acceptors (Lipinski definition) is 6. The van der Waals surface area contributed by atoms with E-state index in [9.17, 15) is 13.6 Å². The maximum Gasteiger partial charge on any atom is 0.269 e. The molecule has 8 nitrogen and oxygen atoms in total. The lowest BCUT2D eigenvalue weighted by Gasteiger charge is -2.36. The molecule has 26 heavy (non-hydrogen) atoms. The first-order valence-electron chi connectivity index (χ1n) is 8.25. The van der Waals surface area contributed by atoms with E-state index in [1.807, 2.05) is 11.0 Å². The third-order valence-electron chi connectivity index (χ3n) is 4.41. The maximum atomic E-state index is 12.4. The minimum absolute atomic E-state index is 0.518. The lowest BCUT2D eigenvalue weighted by molar-refractivity contribution is 0.119. The fraction of sp³-hybridized carbons (Fsp3) is 0.375. The molecule has 4 heterocycles. The highest BCUT2D eigenvalue weighted by molar-refractivity contribution is 5.68. The molecule has 136 valence electrons. The molecule has 0 spiro atoms. The molecule has 0 amide bonds. The van der Waals surface area contributed by atoms with E-state index in [0.29, 0.717) is 18.8 Å². The van der Waals surface area contributed by atoms with Crippen LogP contribution in [0.5, 0.6) is 0 Å². The first-order valence-corrected chi connectivity index (χ1v) is 8.25. The van der Waals surface area contributed by atoms with Crippen LogP contribution in [0.2, 0.25) is 0 Å². The van der Waals surface area contributed by atoms with Crippen LogP contribution in [-0.2, 0) is 6.54 Å². The average Bonchev–Trinajstić information content (AvgIpc) is 3.12. The van der Waals surface area contributed by atoms with E-state index >= 15 is 0 Å². The van der Waals surface area contributed by atoms with Gasteiger partial charge in [-0.2, -0.15) is 10.2 Å². The normalized spacial score (nSPS) is 15.2. The van der Waals surface area contributed by atoms with Crippen LogP contribution in [-0.4, -0.2) is 57.0 Å². The van der Waals surface area contributed by atoms with Gasteiger partial charge in [-0.05, 0) is 6.07 Å². The molecule has 10 heteroatoms. The van der Waals surface area contributed by atoms with Crippen molar-refractivity contribution in [3.8, 4) is 0 Å². The van der Waals surface area contributed by atoms with Gasteiger partial charge in [0.05, 0.1) is 18.1 Å². The minimum Gasteiger partial charge on any atom is -0.367 e. The molecular formula is C16H17F2N7O. The number of fused-ring (bicyclic) bond motifs is 1. The van der Waals surface area contributed by atoms with Crippen LogP contribution in [0.25, 0.3) is 5.52 Å². The molecule has 0 N–H and O–H groups in total. The monoisotopic (exact) mass is 361 g/mol. The van der Waals surface area contributed by atoms with Gasteiger partial charge < -0.3 is 9.80 Å². The van der Waals surface area contributed by atoms with Crippen molar-refractivity contribution < 1.29 is 8.78 Å². The van der Waals surface area contributed by atoms with Crippen molar-refractivity contribution in [3.05, 3.63) is 47.3 Å². The summed E-state index contributed by atoms with van der Waals surface area (Å²) >= 11 is 0. The summed E-state index contributed by atoms with van der Waals surface area (Å²) in [6.45, 7) is 2.11. The highest BCUT2D eigenvalue weighted by Gasteiger charge is 2.21. The van der Waals surface area contributed by atoms with Crippen LogP contribution in [0, 0.1) is 0 Å². The standard InChI is InChI=1S/C16H17F2N7O/c17-14(18)11-25-15(26)9-12(10-21-25)22-5-7-23(8-6-22)16-13-1-2-20-24(13)4-3-19-16/h1-4,9-10,14H,5-8,11H2. The van der Waals surface area contributed by atoms with Crippen molar-refractivity contribution >= 4 is 17.0 Å². The zero-order valence-electron chi connectivity index (χ0n) is 13.9. The fourth-order valence-electron chi connectivity index (χ4n) is 3.13. The maximum absolute atomic E-state index is 12.4. The summed E-state index contributed by atoms with van der Waals surface area (Å²) in [6, 6.07) is 3.28. The molecule has 0 aromatic carbocycles. The van der Waals surface area contributed by atoms with Crippen LogP contribution >= 0.6 is 0 Å².